The monoisotopic (exact) mass is 376 g/mol. The number of primary amides is 1. The zero-order chi connectivity index (χ0) is 19.8. The van der Waals surface area contributed by atoms with Crippen molar-refractivity contribution in [2.45, 2.75) is 12.5 Å². The van der Waals surface area contributed by atoms with Crippen LogP contribution in [0.5, 0.6) is 11.5 Å². The summed E-state index contributed by atoms with van der Waals surface area (Å²) < 4.78 is 5.82. The Bertz CT molecular complexity index is 933. The number of amides is 3. The first kappa shape index (κ1) is 18.9. The average Bonchev–Trinajstić information content (AvgIpc) is 2.69. The molecule has 142 valence electrons. The fraction of sp³-hybridized carbons (Fsp3) is 0.0952. The van der Waals surface area contributed by atoms with Crippen LogP contribution in [0.3, 0.4) is 0 Å². The van der Waals surface area contributed by atoms with Crippen molar-refractivity contribution < 1.29 is 14.3 Å². The molecule has 0 unspecified atom stereocenters. The van der Waals surface area contributed by atoms with Crippen LogP contribution in [0.2, 0.25) is 0 Å². The minimum atomic E-state index is -0.714. The topological polar surface area (TPSA) is 106 Å². The number of nitrogens with one attached hydrogen (secondary N) is 2. The van der Waals surface area contributed by atoms with Gasteiger partial charge < -0.3 is 21.1 Å². The van der Waals surface area contributed by atoms with Crippen molar-refractivity contribution in [3.8, 4) is 11.5 Å². The van der Waals surface area contributed by atoms with Gasteiger partial charge in [0.2, 0.25) is 5.91 Å². The highest BCUT2D eigenvalue weighted by molar-refractivity contribution is 5.91. The van der Waals surface area contributed by atoms with Gasteiger partial charge in [-0.15, -0.1) is 0 Å². The standard InChI is InChI=1S/C21H20N4O3/c22-21(27)25-19(13-20(26)24-16-7-5-11-23-14-16)15-6-4-10-18(12-15)28-17-8-2-1-3-9-17/h1-12,14,19H,13H2,(H,24,26)(H3,22,25,27)/t19-/m1/s1. The summed E-state index contributed by atoms with van der Waals surface area (Å²) in [6, 6.07) is 18.6. The number of urea groups is 1. The number of pyridine rings is 1. The molecule has 0 aliphatic heterocycles. The summed E-state index contributed by atoms with van der Waals surface area (Å²) in [6.07, 6.45) is 3.17. The number of hydrogen-bond acceptors (Lipinski definition) is 4. The second kappa shape index (κ2) is 9.18. The van der Waals surface area contributed by atoms with E-state index in [0.29, 0.717) is 22.7 Å². The molecule has 2 aromatic carbocycles. The summed E-state index contributed by atoms with van der Waals surface area (Å²) in [6.45, 7) is 0. The molecule has 3 rings (SSSR count). The molecular weight excluding hydrogens is 356 g/mol. The van der Waals surface area contributed by atoms with Crippen molar-refractivity contribution in [2.75, 3.05) is 5.32 Å². The Morgan fingerprint density at radius 2 is 1.79 bits per heavy atom. The van der Waals surface area contributed by atoms with Crippen LogP contribution in [-0.2, 0) is 4.79 Å². The summed E-state index contributed by atoms with van der Waals surface area (Å²) in [7, 11) is 0. The van der Waals surface area contributed by atoms with Gasteiger partial charge in [-0.3, -0.25) is 9.78 Å². The van der Waals surface area contributed by atoms with Crippen LogP contribution in [0.1, 0.15) is 18.0 Å². The van der Waals surface area contributed by atoms with Crippen LogP contribution in [0.15, 0.2) is 79.1 Å². The largest absolute Gasteiger partial charge is 0.457 e. The van der Waals surface area contributed by atoms with Gasteiger partial charge in [-0.25, -0.2) is 4.79 Å². The fourth-order valence-corrected chi connectivity index (χ4v) is 2.68. The number of aromatic nitrogens is 1. The van der Waals surface area contributed by atoms with E-state index in [0.717, 1.165) is 0 Å². The molecule has 3 amide bonds. The lowest BCUT2D eigenvalue weighted by molar-refractivity contribution is -0.116. The Balaban J connectivity index is 1.74. The van der Waals surface area contributed by atoms with Crippen molar-refractivity contribution in [1.29, 1.82) is 0 Å². The van der Waals surface area contributed by atoms with Gasteiger partial charge in [-0.2, -0.15) is 0 Å². The molecular formula is C21H20N4O3. The van der Waals surface area contributed by atoms with Crippen LogP contribution < -0.4 is 21.1 Å². The SMILES string of the molecule is NC(=O)N[C@H](CC(=O)Nc1cccnc1)c1cccc(Oc2ccccc2)c1. The van der Waals surface area contributed by atoms with E-state index >= 15 is 0 Å². The van der Waals surface area contributed by atoms with Crippen LogP contribution in [0.25, 0.3) is 0 Å². The third kappa shape index (κ3) is 5.57. The Kier molecular flexibility index (Phi) is 6.20. The van der Waals surface area contributed by atoms with E-state index in [9.17, 15) is 9.59 Å². The fourth-order valence-electron chi connectivity index (χ4n) is 2.68. The summed E-state index contributed by atoms with van der Waals surface area (Å²) in [4.78, 5) is 27.8. The van der Waals surface area contributed by atoms with E-state index < -0.39 is 12.1 Å². The molecule has 7 heteroatoms. The molecule has 3 aromatic rings. The first-order valence-electron chi connectivity index (χ1n) is 8.69. The Hall–Kier alpha value is -3.87. The first-order chi connectivity index (χ1) is 13.6. The average molecular weight is 376 g/mol. The zero-order valence-corrected chi connectivity index (χ0v) is 15.0. The smallest absolute Gasteiger partial charge is 0.312 e. The van der Waals surface area contributed by atoms with Gasteiger partial charge in [-0.05, 0) is 42.0 Å². The van der Waals surface area contributed by atoms with Gasteiger partial charge in [0.05, 0.1) is 24.3 Å². The molecule has 0 saturated carbocycles. The van der Waals surface area contributed by atoms with Crippen molar-refractivity contribution in [2.24, 2.45) is 5.73 Å². The van der Waals surface area contributed by atoms with Gasteiger partial charge in [-0.1, -0.05) is 30.3 Å². The predicted molar refractivity (Wildman–Crippen MR) is 106 cm³/mol. The Morgan fingerprint density at radius 3 is 2.50 bits per heavy atom. The van der Waals surface area contributed by atoms with E-state index in [1.165, 1.54) is 0 Å². The normalized spacial score (nSPS) is 11.3. The maximum absolute atomic E-state index is 12.4. The summed E-state index contributed by atoms with van der Waals surface area (Å²) in [5.41, 5.74) is 6.58. The summed E-state index contributed by atoms with van der Waals surface area (Å²) >= 11 is 0. The number of nitrogens with two attached hydrogens (primary N) is 1. The molecule has 0 radical (unpaired) electrons. The number of carbonyl (C=O) groups excluding carboxylic acids is 2. The first-order valence-corrected chi connectivity index (χ1v) is 8.69. The van der Waals surface area contributed by atoms with E-state index in [1.54, 1.807) is 48.8 Å². The quantitative estimate of drug-likeness (QED) is 0.585. The summed E-state index contributed by atoms with van der Waals surface area (Å²) in [5, 5.41) is 5.36. The van der Waals surface area contributed by atoms with Crippen LogP contribution >= 0.6 is 0 Å². The third-order valence-electron chi connectivity index (χ3n) is 3.89. The molecule has 0 spiro atoms. The van der Waals surface area contributed by atoms with E-state index in [-0.39, 0.29) is 12.3 Å². The zero-order valence-electron chi connectivity index (χ0n) is 15.0. The van der Waals surface area contributed by atoms with Gasteiger partial charge in [0.15, 0.2) is 0 Å². The number of anilines is 1. The minimum absolute atomic E-state index is 0.00657. The van der Waals surface area contributed by atoms with Crippen LogP contribution in [0.4, 0.5) is 10.5 Å². The molecule has 0 aliphatic rings. The molecule has 28 heavy (non-hydrogen) atoms. The lowest BCUT2D eigenvalue weighted by atomic mass is 10.0. The van der Waals surface area contributed by atoms with Crippen molar-refractivity contribution in [1.82, 2.24) is 10.3 Å². The molecule has 1 heterocycles. The second-order valence-corrected chi connectivity index (χ2v) is 6.04. The number of para-hydroxylation sites is 1. The van der Waals surface area contributed by atoms with Gasteiger partial charge in [0.1, 0.15) is 11.5 Å². The molecule has 7 nitrogen and oxygen atoms in total. The highest BCUT2D eigenvalue weighted by Gasteiger charge is 2.18. The van der Waals surface area contributed by atoms with Crippen molar-refractivity contribution >= 4 is 17.6 Å². The maximum atomic E-state index is 12.4. The molecule has 4 N–H and O–H groups in total. The number of ether oxygens (including phenoxy) is 1. The molecule has 0 bridgehead atoms. The summed E-state index contributed by atoms with van der Waals surface area (Å²) in [5.74, 6) is 1.00. The molecule has 1 atom stereocenters. The lowest BCUT2D eigenvalue weighted by Gasteiger charge is -2.18. The van der Waals surface area contributed by atoms with Crippen LogP contribution in [0, 0.1) is 0 Å². The Labute approximate surface area is 162 Å². The van der Waals surface area contributed by atoms with E-state index in [2.05, 4.69) is 15.6 Å². The second-order valence-electron chi connectivity index (χ2n) is 6.04. The van der Waals surface area contributed by atoms with Crippen molar-refractivity contribution in [3.05, 3.63) is 84.7 Å². The number of benzene rings is 2. The molecule has 1 aromatic heterocycles. The van der Waals surface area contributed by atoms with Gasteiger partial charge >= 0.3 is 6.03 Å². The molecule has 0 fully saturated rings. The van der Waals surface area contributed by atoms with Gasteiger partial charge in [0.25, 0.3) is 0 Å². The molecule has 0 aliphatic carbocycles. The maximum Gasteiger partial charge on any atom is 0.312 e. The highest BCUT2D eigenvalue weighted by atomic mass is 16.5. The lowest BCUT2D eigenvalue weighted by Crippen LogP contribution is -2.35. The Morgan fingerprint density at radius 1 is 1.00 bits per heavy atom. The van der Waals surface area contributed by atoms with Crippen LogP contribution in [-0.4, -0.2) is 16.9 Å². The molecule has 0 saturated heterocycles. The van der Waals surface area contributed by atoms with Gasteiger partial charge in [0, 0.05) is 6.20 Å². The van der Waals surface area contributed by atoms with E-state index in [4.69, 9.17) is 10.5 Å². The van der Waals surface area contributed by atoms with Crippen molar-refractivity contribution in [3.63, 3.8) is 0 Å². The number of hydrogen-bond donors (Lipinski definition) is 3. The highest BCUT2D eigenvalue weighted by Crippen LogP contribution is 2.26. The van der Waals surface area contributed by atoms with E-state index in [1.807, 2.05) is 30.3 Å². The minimum Gasteiger partial charge on any atom is -0.457 e. The number of rotatable bonds is 7. The predicted octanol–water partition coefficient (Wildman–Crippen LogP) is 3.61. The number of carbonyl (C=O) groups is 2. The number of nitrogens with zero attached hydrogens (tertiary/aromatic N) is 1. The third-order valence-corrected chi connectivity index (χ3v) is 3.89.